The van der Waals surface area contributed by atoms with Crippen molar-refractivity contribution < 1.29 is 14.5 Å². The summed E-state index contributed by atoms with van der Waals surface area (Å²) < 4.78 is 0. The highest BCUT2D eigenvalue weighted by Gasteiger charge is 2.35. The van der Waals surface area contributed by atoms with Crippen LogP contribution in [0.1, 0.15) is 11.1 Å². The summed E-state index contributed by atoms with van der Waals surface area (Å²) in [5, 5.41) is 10.4. The molecule has 4 rings (SSSR count). The number of nitro groups is 1. The topological polar surface area (TPSA) is 80.5 Å². The number of carbonyl (C=O) groups excluding carboxylic acids is 2. The standard InChI is InChI=1S/C23H16N2O4S/c26-22-21(14-16-6-10-19(11-7-16)18-4-2-1-3-5-18)30-23(27)24(22)15-17-8-12-20(13-9-17)25(28)29/h1-14H,15H2/b21-14-. The van der Waals surface area contributed by atoms with Gasteiger partial charge in [0.05, 0.1) is 16.4 Å². The fraction of sp³-hybridized carbons (Fsp3) is 0.0435. The molecule has 0 atom stereocenters. The van der Waals surface area contributed by atoms with Gasteiger partial charge in [0.1, 0.15) is 0 Å². The molecule has 0 bridgehead atoms. The van der Waals surface area contributed by atoms with Crippen LogP contribution in [-0.4, -0.2) is 21.0 Å². The lowest BCUT2D eigenvalue weighted by molar-refractivity contribution is -0.384. The number of nitro benzene ring substituents is 1. The van der Waals surface area contributed by atoms with Gasteiger partial charge in [-0.2, -0.15) is 0 Å². The van der Waals surface area contributed by atoms with Crippen LogP contribution in [0, 0.1) is 10.1 Å². The van der Waals surface area contributed by atoms with Crippen molar-refractivity contribution in [2.75, 3.05) is 0 Å². The molecular formula is C23H16N2O4S. The highest BCUT2D eigenvalue weighted by molar-refractivity contribution is 8.18. The lowest BCUT2D eigenvalue weighted by Gasteiger charge is -2.12. The van der Waals surface area contributed by atoms with Gasteiger partial charge in [0.15, 0.2) is 0 Å². The first-order valence-corrected chi connectivity index (χ1v) is 9.97. The smallest absolute Gasteiger partial charge is 0.268 e. The number of carbonyl (C=O) groups is 2. The summed E-state index contributed by atoms with van der Waals surface area (Å²) in [6, 6.07) is 23.6. The molecule has 0 aliphatic carbocycles. The maximum atomic E-state index is 12.7. The van der Waals surface area contributed by atoms with Gasteiger partial charge in [0, 0.05) is 12.1 Å². The summed E-state index contributed by atoms with van der Waals surface area (Å²) in [6.45, 7) is 0.0763. The molecule has 3 aromatic rings. The van der Waals surface area contributed by atoms with E-state index < -0.39 is 4.92 Å². The number of nitrogens with zero attached hydrogens (tertiary/aromatic N) is 2. The first kappa shape index (κ1) is 19.6. The van der Waals surface area contributed by atoms with Gasteiger partial charge in [0.2, 0.25) is 0 Å². The average Bonchev–Trinajstić information content (AvgIpc) is 3.02. The molecule has 30 heavy (non-hydrogen) atoms. The number of thioether (sulfide) groups is 1. The lowest BCUT2D eigenvalue weighted by Crippen LogP contribution is -2.27. The Labute approximate surface area is 177 Å². The molecule has 1 saturated heterocycles. The monoisotopic (exact) mass is 416 g/mol. The van der Waals surface area contributed by atoms with E-state index in [4.69, 9.17) is 0 Å². The first-order valence-electron chi connectivity index (χ1n) is 9.15. The van der Waals surface area contributed by atoms with Crippen LogP contribution in [-0.2, 0) is 11.3 Å². The normalized spacial score (nSPS) is 15.1. The van der Waals surface area contributed by atoms with Gasteiger partial charge in [-0.15, -0.1) is 0 Å². The van der Waals surface area contributed by atoms with E-state index in [1.165, 1.54) is 12.1 Å². The zero-order valence-corrected chi connectivity index (χ0v) is 16.5. The number of non-ortho nitro benzene ring substituents is 1. The lowest BCUT2D eigenvalue weighted by atomic mass is 10.0. The van der Waals surface area contributed by atoms with Crippen molar-refractivity contribution in [3.05, 3.63) is 105 Å². The van der Waals surface area contributed by atoms with Gasteiger partial charge in [-0.25, -0.2) is 0 Å². The number of imide groups is 1. The quantitative estimate of drug-likeness (QED) is 0.312. The molecule has 2 amide bonds. The van der Waals surface area contributed by atoms with Crippen molar-refractivity contribution in [2.45, 2.75) is 6.54 Å². The van der Waals surface area contributed by atoms with Crippen LogP contribution in [0.3, 0.4) is 0 Å². The Bertz CT molecular complexity index is 1140. The first-order chi connectivity index (χ1) is 14.5. The van der Waals surface area contributed by atoms with Crippen LogP contribution in [0.5, 0.6) is 0 Å². The van der Waals surface area contributed by atoms with E-state index in [1.807, 2.05) is 54.6 Å². The minimum Gasteiger partial charge on any atom is -0.268 e. The Morgan fingerprint density at radius 3 is 2.13 bits per heavy atom. The third-order valence-electron chi connectivity index (χ3n) is 4.68. The van der Waals surface area contributed by atoms with Gasteiger partial charge in [-0.3, -0.25) is 24.6 Å². The zero-order chi connectivity index (χ0) is 21.1. The molecule has 0 saturated carbocycles. The van der Waals surface area contributed by atoms with Crippen molar-refractivity contribution in [2.24, 2.45) is 0 Å². The number of benzene rings is 3. The van der Waals surface area contributed by atoms with E-state index in [0.29, 0.717) is 10.5 Å². The van der Waals surface area contributed by atoms with Gasteiger partial charge in [-0.05, 0) is 40.1 Å². The average molecular weight is 416 g/mol. The molecule has 148 valence electrons. The molecule has 1 fully saturated rings. The molecule has 3 aromatic carbocycles. The molecule has 1 heterocycles. The third-order valence-corrected chi connectivity index (χ3v) is 5.58. The Morgan fingerprint density at radius 2 is 1.50 bits per heavy atom. The Morgan fingerprint density at radius 1 is 0.867 bits per heavy atom. The molecule has 6 nitrogen and oxygen atoms in total. The second-order valence-electron chi connectivity index (χ2n) is 6.68. The van der Waals surface area contributed by atoms with Gasteiger partial charge in [-0.1, -0.05) is 66.7 Å². The van der Waals surface area contributed by atoms with Crippen molar-refractivity contribution in [3.63, 3.8) is 0 Å². The summed E-state index contributed by atoms with van der Waals surface area (Å²) in [5.41, 5.74) is 3.62. The molecule has 0 spiro atoms. The van der Waals surface area contributed by atoms with E-state index in [9.17, 15) is 19.7 Å². The van der Waals surface area contributed by atoms with E-state index in [0.717, 1.165) is 33.4 Å². The van der Waals surface area contributed by atoms with Crippen LogP contribution in [0.2, 0.25) is 0 Å². The second kappa shape index (κ2) is 8.34. The molecule has 0 radical (unpaired) electrons. The molecule has 1 aliphatic heterocycles. The molecule has 1 aliphatic rings. The second-order valence-corrected chi connectivity index (χ2v) is 7.67. The Kier molecular flexibility index (Phi) is 5.45. The number of hydrogen-bond donors (Lipinski definition) is 0. The van der Waals surface area contributed by atoms with Gasteiger partial charge >= 0.3 is 0 Å². The number of amides is 2. The largest absolute Gasteiger partial charge is 0.293 e. The highest BCUT2D eigenvalue weighted by Crippen LogP contribution is 2.33. The van der Waals surface area contributed by atoms with Crippen LogP contribution in [0.15, 0.2) is 83.8 Å². The summed E-state index contributed by atoms with van der Waals surface area (Å²) in [6.07, 6.45) is 1.70. The minimum atomic E-state index is -0.490. The Balaban J connectivity index is 1.49. The third kappa shape index (κ3) is 4.16. The Hall–Kier alpha value is -3.71. The van der Waals surface area contributed by atoms with Crippen molar-refractivity contribution in [3.8, 4) is 11.1 Å². The fourth-order valence-electron chi connectivity index (χ4n) is 3.10. The summed E-state index contributed by atoms with van der Waals surface area (Å²) in [4.78, 5) is 36.8. The SMILES string of the molecule is O=C1S/C(=C\c2ccc(-c3ccccc3)cc2)C(=O)N1Cc1ccc([N+](=O)[O-])cc1. The van der Waals surface area contributed by atoms with Crippen LogP contribution >= 0.6 is 11.8 Å². The summed E-state index contributed by atoms with van der Waals surface area (Å²) >= 11 is 0.895. The van der Waals surface area contributed by atoms with E-state index >= 15 is 0 Å². The molecule has 0 N–H and O–H groups in total. The van der Waals surface area contributed by atoms with Crippen LogP contribution in [0.25, 0.3) is 17.2 Å². The number of rotatable bonds is 5. The summed E-state index contributed by atoms with van der Waals surface area (Å²) in [5.74, 6) is -0.365. The van der Waals surface area contributed by atoms with E-state index in [2.05, 4.69) is 0 Å². The van der Waals surface area contributed by atoms with Crippen molar-refractivity contribution in [1.29, 1.82) is 0 Å². The molecule has 7 heteroatoms. The maximum Gasteiger partial charge on any atom is 0.293 e. The van der Waals surface area contributed by atoms with Crippen molar-refractivity contribution >= 4 is 34.7 Å². The van der Waals surface area contributed by atoms with Crippen LogP contribution in [0.4, 0.5) is 10.5 Å². The van der Waals surface area contributed by atoms with E-state index in [-0.39, 0.29) is 23.4 Å². The summed E-state index contributed by atoms with van der Waals surface area (Å²) in [7, 11) is 0. The van der Waals surface area contributed by atoms with Gasteiger partial charge in [0.25, 0.3) is 16.8 Å². The van der Waals surface area contributed by atoms with Crippen molar-refractivity contribution in [1.82, 2.24) is 4.90 Å². The van der Waals surface area contributed by atoms with E-state index in [1.54, 1.807) is 18.2 Å². The zero-order valence-electron chi connectivity index (χ0n) is 15.7. The predicted octanol–water partition coefficient (Wildman–Crippen LogP) is 5.50. The highest BCUT2D eigenvalue weighted by atomic mass is 32.2. The molecule has 0 unspecified atom stereocenters. The maximum absolute atomic E-state index is 12.7. The molecule has 0 aromatic heterocycles. The molecular weight excluding hydrogens is 400 g/mol. The van der Waals surface area contributed by atoms with Gasteiger partial charge < -0.3 is 0 Å². The fourth-order valence-corrected chi connectivity index (χ4v) is 3.93. The van der Waals surface area contributed by atoms with Crippen LogP contribution < -0.4 is 0 Å². The predicted molar refractivity (Wildman–Crippen MR) is 116 cm³/mol. The number of hydrogen-bond acceptors (Lipinski definition) is 5. The minimum absolute atomic E-state index is 0.0354.